The van der Waals surface area contributed by atoms with Crippen molar-refractivity contribution in [2.45, 2.75) is 13.0 Å². The van der Waals surface area contributed by atoms with Gasteiger partial charge in [-0.2, -0.15) is 0 Å². The zero-order chi connectivity index (χ0) is 18.4. The van der Waals surface area contributed by atoms with Gasteiger partial charge in [0.2, 0.25) is 5.75 Å². The van der Waals surface area contributed by atoms with Crippen LogP contribution in [-0.4, -0.2) is 38.5 Å². The summed E-state index contributed by atoms with van der Waals surface area (Å²) >= 11 is 0. The number of nitro benzene ring substituents is 1. The second kappa shape index (κ2) is 8.21. The van der Waals surface area contributed by atoms with Crippen LogP contribution in [0.4, 0.5) is 5.69 Å². The molecule has 1 aromatic carbocycles. The number of hydrogen-bond donors (Lipinski definition) is 1. The summed E-state index contributed by atoms with van der Waals surface area (Å²) in [6.45, 7) is 5.12. The molecule has 1 rings (SSSR count). The monoisotopic (exact) mass is 339 g/mol. The number of nitro groups is 1. The van der Waals surface area contributed by atoms with Crippen LogP contribution in [0, 0.1) is 17.0 Å². The van der Waals surface area contributed by atoms with Crippen molar-refractivity contribution >= 4 is 5.69 Å². The maximum absolute atomic E-state index is 11.6. The van der Waals surface area contributed by atoms with Gasteiger partial charge in [-0.05, 0) is 13.0 Å². The van der Waals surface area contributed by atoms with Crippen LogP contribution < -0.4 is 14.2 Å². The van der Waals surface area contributed by atoms with E-state index < -0.39 is 16.7 Å². The van der Waals surface area contributed by atoms with E-state index in [0.717, 1.165) is 0 Å². The molecule has 0 heterocycles. The summed E-state index contributed by atoms with van der Waals surface area (Å²) in [6.07, 6.45) is 1.31. The molecule has 0 saturated carbocycles. The van der Waals surface area contributed by atoms with Gasteiger partial charge in [-0.15, -0.1) is 0 Å². The molecule has 1 N–H and O–H groups in total. The maximum atomic E-state index is 11.6. The zero-order valence-corrected chi connectivity index (χ0v) is 14.3. The quantitative estimate of drug-likeness (QED) is 0.336. The van der Waals surface area contributed by atoms with Crippen LogP contribution in [0.3, 0.4) is 0 Å². The van der Waals surface area contributed by atoms with Crippen molar-refractivity contribution in [3.63, 3.8) is 0 Å². The first-order chi connectivity index (χ1) is 11.4. The molecule has 24 heavy (non-hydrogen) atoms. The van der Waals surface area contributed by atoms with E-state index in [9.17, 15) is 15.2 Å². The van der Waals surface area contributed by atoms with E-state index in [1.54, 1.807) is 6.92 Å². The van der Waals surface area contributed by atoms with E-state index >= 15 is 0 Å². The fraction of sp³-hybridized carbons (Fsp3) is 0.375. The van der Waals surface area contributed by atoms with Gasteiger partial charge in [-0.3, -0.25) is 10.1 Å². The van der Waals surface area contributed by atoms with Crippen molar-refractivity contribution in [1.82, 2.24) is 0 Å². The highest BCUT2D eigenvalue weighted by atomic mass is 16.6. The van der Waals surface area contributed by atoms with Crippen molar-refractivity contribution in [3.8, 4) is 17.2 Å². The number of hydrogen-bond acceptors (Lipinski definition) is 7. The minimum atomic E-state index is -1.48. The minimum Gasteiger partial charge on any atom is -0.498 e. The molecule has 1 aromatic rings. The third-order valence-electron chi connectivity index (χ3n) is 3.46. The molecule has 0 aliphatic rings. The average molecular weight is 339 g/mol. The lowest BCUT2D eigenvalue weighted by Gasteiger charge is -2.22. The second-order valence-corrected chi connectivity index (χ2v) is 4.66. The number of methoxy groups -OCH3 is 4. The van der Waals surface area contributed by atoms with Gasteiger partial charge in [0.15, 0.2) is 11.5 Å². The van der Waals surface area contributed by atoms with Gasteiger partial charge in [0, 0.05) is 5.56 Å². The van der Waals surface area contributed by atoms with E-state index in [2.05, 4.69) is 6.58 Å². The Morgan fingerprint density at radius 1 is 1.17 bits per heavy atom. The molecule has 1 unspecified atom stereocenters. The maximum Gasteiger partial charge on any atom is 0.321 e. The van der Waals surface area contributed by atoms with Crippen LogP contribution in [-0.2, 0) is 4.74 Å². The molecule has 1 atom stereocenters. The van der Waals surface area contributed by atoms with Crippen LogP contribution in [0.2, 0.25) is 0 Å². The van der Waals surface area contributed by atoms with Crippen LogP contribution in [0.25, 0.3) is 0 Å². The van der Waals surface area contributed by atoms with E-state index in [0.29, 0.717) is 5.56 Å². The van der Waals surface area contributed by atoms with E-state index in [1.165, 1.54) is 40.6 Å². The third-order valence-corrected chi connectivity index (χ3v) is 3.46. The van der Waals surface area contributed by atoms with Gasteiger partial charge in [0.05, 0.1) is 33.4 Å². The average Bonchev–Trinajstić information content (AvgIpc) is 2.57. The minimum absolute atomic E-state index is 0.0271. The summed E-state index contributed by atoms with van der Waals surface area (Å²) in [5.74, 6) is 0.283. The highest BCUT2D eigenvalue weighted by Gasteiger charge is 2.37. The predicted octanol–water partition coefficient (Wildman–Crippen LogP) is 2.68. The molecule has 0 bridgehead atoms. The molecule has 0 aliphatic heterocycles. The highest BCUT2D eigenvalue weighted by molar-refractivity contribution is 5.71. The molecule has 0 spiro atoms. The van der Waals surface area contributed by atoms with E-state index in [-0.39, 0.29) is 28.6 Å². The topological polar surface area (TPSA) is 100 Å². The summed E-state index contributed by atoms with van der Waals surface area (Å²) in [5, 5.41) is 22.3. The number of nitrogens with zero attached hydrogens (tertiary/aromatic N) is 1. The Hall–Kier alpha value is -2.74. The van der Waals surface area contributed by atoms with Crippen molar-refractivity contribution in [2.24, 2.45) is 0 Å². The van der Waals surface area contributed by atoms with Crippen molar-refractivity contribution < 1.29 is 29.0 Å². The van der Waals surface area contributed by atoms with Gasteiger partial charge in [-0.1, -0.05) is 12.7 Å². The number of ether oxygens (including phenoxy) is 4. The van der Waals surface area contributed by atoms with Crippen molar-refractivity contribution in [3.05, 3.63) is 45.7 Å². The molecule has 0 amide bonds. The van der Waals surface area contributed by atoms with Crippen LogP contribution >= 0.6 is 0 Å². The van der Waals surface area contributed by atoms with Crippen molar-refractivity contribution in [1.29, 1.82) is 0 Å². The van der Waals surface area contributed by atoms with E-state index in [4.69, 9.17) is 18.9 Å². The van der Waals surface area contributed by atoms with Crippen LogP contribution in [0.15, 0.2) is 24.5 Å². The summed E-state index contributed by atoms with van der Waals surface area (Å²) in [4.78, 5) is 11.0. The normalized spacial score (nSPS) is 12.3. The lowest BCUT2D eigenvalue weighted by Crippen LogP contribution is -2.12. The first kappa shape index (κ1) is 19.3. The first-order valence-electron chi connectivity index (χ1n) is 6.90. The molecule has 0 radical (unpaired) electrons. The Labute approximate surface area is 140 Å². The van der Waals surface area contributed by atoms with Gasteiger partial charge in [-0.25, -0.2) is 0 Å². The van der Waals surface area contributed by atoms with E-state index in [1.807, 2.05) is 0 Å². The molecule has 0 aliphatic carbocycles. The van der Waals surface area contributed by atoms with Crippen molar-refractivity contribution in [2.75, 3.05) is 28.4 Å². The molecule has 0 saturated heterocycles. The molecular formula is C16H21NO7. The summed E-state index contributed by atoms with van der Waals surface area (Å²) in [7, 11) is 5.35. The SMILES string of the molecule is C=C/C=C(\OC)C(O)c1c(OC)c(OC)c(C)c(OC)c1[N+](=O)[O-]. The Morgan fingerprint density at radius 3 is 2.08 bits per heavy atom. The smallest absolute Gasteiger partial charge is 0.321 e. The van der Waals surface area contributed by atoms with Crippen LogP contribution in [0.1, 0.15) is 17.2 Å². The Balaban J connectivity index is 3.94. The first-order valence-corrected chi connectivity index (χ1v) is 6.90. The number of allylic oxidation sites excluding steroid dienone is 2. The second-order valence-electron chi connectivity index (χ2n) is 4.66. The number of benzene rings is 1. The molecule has 132 valence electrons. The Bertz CT molecular complexity index is 667. The fourth-order valence-corrected chi connectivity index (χ4v) is 2.47. The largest absolute Gasteiger partial charge is 0.498 e. The summed E-state index contributed by atoms with van der Waals surface area (Å²) in [5.41, 5.74) is -0.171. The third kappa shape index (κ3) is 3.28. The number of aliphatic hydroxyl groups is 1. The van der Waals surface area contributed by atoms with Gasteiger partial charge in [0.25, 0.3) is 0 Å². The Morgan fingerprint density at radius 2 is 1.71 bits per heavy atom. The molecule has 8 heteroatoms. The van der Waals surface area contributed by atoms with Gasteiger partial charge >= 0.3 is 5.69 Å². The molecular weight excluding hydrogens is 318 g/mol. The zero-order valence-electron chi connectivity index (χ0n) is 14.3. The summed E-state index contributed by atoms with van der Waals surface area (Å²) < 4.78 is 20.8. The Kier molecular flexibility index (Phi) is 6.60. The van der Waals surface area contributed by atoms with Crippen LogP contribution in [0.5, 0.6) is 17.2 Å². The van der Waals surface area contributed by atoms with Gasteiger partial charge in [0.1, 0.15) is 17.4 Å². The van der Waals surface area contributed by atoms with Gasteiger partial charge < -0.3 is 24.1 Å². The highest BCUT2D eigenvalue weighted by Crippen LogP contribution is 2.51. The lowest BCUT2D eigenvalue weighted by molar-refractivity contribution is -0.387. The molecule has 8 nitrogen and oxygen atoms in total. The standard InChI is InChI=1S/C16H21NO7/c1-7-8-10(21-3)13(18)11-12(17(19)20)14(22-4)9(2)15(23-5)16(11)24-6/h7-8,13,18H,1H2,2-6H3/b10-8-. The summed E-state index contributed by atoms with van der Waals surface area (Å²) in [6, 6.07) is 0. The number of rotatable bonds is 8. The molecule has 0 aromatic heterocycles. The molecule has 0 fully saturated rings. The number of aliphatic hydroxyl groups excluding tert-OH is 1. The lowest BCUT2D eigenvalue weighted by atomic mass is 9.99. The fourth-order valence-electron chi connectivity index (χ4n) is 2.47. The predicted molar refractivity (Wildman–Crippen MR) is 87.7 cm³/mol.